The van der Waals surface area contributed by atoms with E-state index in [-0.39, 0.29) is 0 Å². The van der Waals surface area contributed by atoms with Gasteiger partial charge in [0.05, 0.1) is 11.0 Å². The Balaban J connectivity index is 1.02. The molecule has 0 N–H and O–H groups in total. The van der Waals surface area contributed by atoms with Crippen molar-refractivity contribution in [2.75, 3.05) is 0 Å². The number of benzene rings is 14. The van der Waals surface area contributed by atoms with Gasteiger partial charge in [-0.3, -0.25) is 0 Å². The summed E-state index contributed by atoms with van der Waals surface area (Å²) >= 11 is 0. The maximum Gasteiger partial charge on any atom is 0.0626 e. The minimum atomic E-state index is 1.15. The minimum Gasteiger partial charge on any atom is -0.309 e. The van der Waals surface area contributed by atoms with Gasteiger partial charge in [-0.25, -0.2) is 0 Å². The van der Waals surface area contributed by atoms with Crippen LogP contribution in [0.25, 0.3) is 148 Å². The summed E-state index contributed by atoms with van der Waals surface area (Å²) in [5.41, 5.74) is 15.8. The van der Waals surface area contributed by atoms with E-state index in [1.54, 1.807) is 0 Å². The lowest BCUT2D eigenvalue weighted by atomic mass is 9.84. The van der Waals surface area contributed by atoms with E-state index in [9.17, 15) is 0 Å². The molecular weight excluding hydrogens is 855 g/mol. The van der Waals surface area contributed by atoms with E-state index in [1.807, 2.05) is 0 Å². The van der Waals surface area contributed by atoms with Crippen LogP contribution >= 0.6 is 0 Å². The number of rotatable bonds is 6. The highest BCUT2D eigenvalue weighted by atomic mass is 15.0. The van der Waals surface area contributed by atoms with Crippen LogP contribution in [0.3, 0.4) is 0 Å². The zero-order chi connectivity index (χ0) is 46.6. The van der Waals surface area contributed by atoms with Crippen LogP contribution in [-0.4, -0.2) is 4.57 Å². The SMILES string of the molecule is c1ccc(-c2cc(-c3ccccc3)cc(-c3c4ccccc4c(-c4ccc5c6c7cccc8cc(-c9ccc%10ccccc%10c9)c9cccc(c9c87)c6n(-c6ccccc6)c5c4)c4ccccc34)c2)cc1. The van der Waals surface area contributed by atoms with Crippen LogP contribution in [0.15, 0.2) is 261 Å². The predicted octanol–water partition coefficient (Wildman–Crippen LogP) is 19.5. The van der Waals surface area contributed by atoms with Gasteiger partial charge >= 0.3 is 0 Å². The summed E-state index contributed by atoms with van der Waals surface area (Å²) in [4.78, 5) is 0. The molecule has 14 aromatic carbocycles. The van der Waals surface area contributed by atoms with Gasteiger partial charge in [-0.2, -0.15) is 0 Å². The van der Waals surface area contributed by atoms with E-state index in [4.69, 9.17) is 0 Å². The van der Waals surface area contributed by atoms with Gasteiger partial charge in [0.15, 0.2) is 0 Å². The molecule has 0 saturated heterocycles. The van der Waals surface area contributed by atoms with E-state index < -0.39 is 0 Å². The molecule has 1 aromatic heterocycles. The maximum absolute atomic E-state index is 2.55. The molecule has 0 radical (unpaired) electrons. The second-order valence-electron chi connectivity index (χ2n) is 19.1. The fourth-order valence-electron chi connectivity index (χ4n) is 12.2. The van der Waals surface area contributed by atoms with Crippen molar-refractivity contribution < 1.29 is 0 Å². The maximum atomic E-state index is 2.55. The van der Waals surface area contributed by atoms with Crippen LogP contribution in [0, 0.1) is 0 Å². The molecule has 71 heavy (non-hydrogen) atoms. The number of para-hydroxylation sites is 1. The van der Waals surface area contributed by atoms with Crippen LogP contribution in [-0.2, 0) is 0 Å². The van der Waals surface area contributed by atoms with Crippen molar-refractivity contribution >= 4 is 86.4 Å². The van der Waals surface area contributed by atoms with Crippen molar-refractivity contribution in [3.8, 4) is 61.3 Å². The second kappa shape index (κ2) is 15.6. The monoisotopic (exact) mass is 897 g/mol. The van der Waals surface area contributed by atoms with Gasteiger partial charge in [-0.1, -0.05) is 212 Å². The summed E-state index contributed by atoms with van der Waals surface area (Å²) in [5.74, 6) is 0. The van der Waals surface area contributed by atoms with Crippen LogP contribution in [0.4, 0.5) is 0 Å². The fraction of sp³-hybridized carbons (Fsp3) is 0. The third-order valence-electron chi connectivity index (χ3n) is 15.2. The lowest BCUT2D eigenvalue weighted by Gasteiger charge is -2.19. The summed E-state index contributed by atoms with van der Waals surface area (Å²) in [7, 11) is 0. The van der Waals surface area contributed by atoms with E-state index in [2.05, 4.69) is 265 Å². The largest absolute Gasteiger partial charge is 0.309 e. The van der Waals surface area contributed by atoms with Crippen molar-refractivity contribution in [1.82, 2.24) is 4.57 Å². The molecule has 15 rings (SSSR count). The van der Waals surface area contributed by atoms with Gasteiger partial charge in [0, 0.05) is 27.2 Å². The minimum absolute atomic E-state index is 1.15. The zero-order valence-corrected chi connectivity index (χ0v) is 38.8. The molecule has 328 valence electrons. The molecule has 0 saturated carbocycles. The predicted molar refractivity (Wildman–Crippen MR) is 304 cm³/mol. The zero-order valence-electron chi connectivity index (χ0n) is 38.8. The summed E-state index contributed by atoms with van der Waals surface area (Å²) in [6.45, 7) is 0. The fourth-order valence-corrected chi connectivity index (χ4v) is 12.2. The first kappa shape index (κ1) is 39.7. The third kappa shape index (κ3) is 6.07. The molecular formula is C70H43N. The Morgan fingerprint density at radius 3 is 1.41 bits per heavy atom. The number of hydrogen-bond acceptors (Lipinski definition) is 0. The van der Waals surface area contributed by atoms with Crippen molar-refractivity contribution in [3.05, 3.63) is 261 Å². The first-order valence-corrected chi connectivity index (χ1v) is 24.7. The molecule has 0 aliphatic heterocycles. The van der Waals surface area contributed by atoms with Gasteiger partial charge in [0.25, 0.3) is 0 Å². The Morgan fingerprint density at radius 2 is 0.732 bits per heavy atom. The van der Waals surface area contributed by atoms with E-state index in [1.165, 1.54) is 142 Å². The molecule has 1 nitrogen and oxygen atoms in total. The number of aromatic nitrogens is 1. The number of hydrogen-bond donors (Lipinski definition) is 0. The highest BCUT2D eigenvalue weighted by molar-refractivity contribution is 6.39. The quantitative estimate of drug-likeness (QED) is 0.116. The Hall–Kier alpha value is -9.30. The lowest BCUT2D eigenvalue weighted by molar-refractivity contribution is 1.19. The smallest absolute Gasteiger partial charge is 0.0626 e. The Morgan fingerprint density at radius 1 is 0.225 bits per heavy atom. The van der Waals surface area contributed by atoms with Gasteiger partial charge in [0.1, 0.15) is 0 Å². The molecule has 0 unspecified atom stereocenters. The topological polar surface area (TPSA) is 4.93 Å². The molecule has 0 spiro atoms. The van der Waals surface area contributed by atoms with Crippen LogP contribution in [0.5, 0.6) is 0 Å². The van der Waals surface area contributed by atoms with Crippen molar-refractivity contribution in [2.24, 2.45) is 0 Å². The molecule has 0 aliphatic rings. The van der Waals surface area contributed by atoms with E-state index in [0.717, 1.165) is 5.69 Å². The second-order valence-corrected chi connectivity index (χ2v) is 19.1. The van der Waals surface area contributed by atoms with Crippen molar-refractivity contribution in [2.45, 2.75) is 0 Å². The van der Waals surface area contributed by atoms with Crippen molar-refractivity contribution in [3.63, 3.8) is 0 Å². The summed E-state index contributed by atoms with van der Waals surface area (Å²) in [6.07, 6.45) is 0. The van der Waals surface area contributed by atoms with Gasteiger partial charge in [0.2, 0.25) is 0 Å². The van der Waals surface area contributed by atoms with Gasteiger partial charge in [-0.05, 0) is 158 Å². The normalized spacial score (nSPS) is 11.9. The molecule has 0 bridgehead atoms. The molecule has 0 amide bonds. The highest BCUT2D eigenvalue weighted by Crippen LogP contribution is 2.50. The van der Waals surface area contributed by atoms with Gasteiger partial charge in [-0.15, -0.1) is 0 Å². The average Bonchev–Trinajstić information content (AvgIpc) is 3.79. The third-order valence-corrected chi connectivity index (χ3v) is 15.2. The first-order chi connectivity index (χ1) is 35.2. The Bertz CT molecular complexity index is 4490. The molecule has 1 heteroatoms. The molecule has 0 atom stereocenters. The molecule has 0 fully saturated rings. The molecule has 1 heterocycles. The standard InChI is InChI=1S/C70H43N/c1-4-18-44(19-5-1)51-39-52(45-20-6-2-7-21-45)41-53(40-51)66-57-29-14-12-27-55(57)65(56-28-13-15-30-58(56)66)50-36-37-60-64(43-50)71(54-25-8-3-9-26-54)70-62-33-17-31-59-63(48-35-34-46-22-10-11-23-47(46)38-48)42-49-24-16-32-61(69(60)70)67(49)68(59)62/h1-43H. The van der Waals surface area contributed by atoms with Crippen LogP contribution in [0.1, 0.15) is 0 Å². The van der Waals surface area contributed by atoms with Crippen LogP contribution < -0.4 is 0 Å². The van der Waals surface area contributed by atoms with Crippen molar-refractivity contribution in [1.29, 1.82) is 0 Å². The molecule has 15 aromatic rings. The summed E-state index contributed by atoms with van der Waals surface area (Å²) < 4.78 is 2.55. The Kier molecular flexibility index (Phi) is 8.73. The number of fused-ring (bicyclic) bond motifs is 8. The van der Waals surface area contributed by atoms with E-state index in [0.29, 0.717) is 0 Å². The van der Waals surface area contributed by atoms with Gasteiger partial charge < -0.3 is 4.57 Å². The average molecular weight is 898 g/mol. The summed E-state index contributed by atoms with van der Waals surface area (Å²) in [6, 6.07) is 97.0. The van der Waals surface area contributed by atoms with E-state index >= 15 is 0 Å². The summed E-state index contributed by atoms with van der Waals surface area (Å²) in [5, 5.41) is 17.7. The Labute approximate surface area is 411 Å². The van der Waals surface area contributed by atoms with Crippen LogP contribution in [0.2, 0.25) is 0 Å². The number of nitrogens with zero attached hydrogens (tertiary/aromatic N) is 1. The lowest BCUT2D eigenvalue weighted by Crippen LogP contribution is -1.96. The first-order valence-electron chi connectivity index (χ1n) is 24.7. The highest BCUT2D eigenvalue weighted by Gasteiger charge is 2.24. The molecule has 0 aliphatic carbocycles.